The number of sulfone groups is 1. The number of nitrogens with zero attached hydrogens (tertiary/aromatic N) is 1. The summed E-state index contributed by atoms with van der Waals surface area (Å²) in [6.45, 7) is 0. The van der Waals surface area contributed by atoms with Gasteiger partial charge in [0.2, 0.25) is 0 Å². The number of benzene rings is 3. The van der Waals surface area contributed by atoms with Crippen LogP contribution in [-0.4, -0.2) is 35.8 Å². The number of hydrogen-bond donors (Lipinski definition) is 3. The van der Waals surface area contributed by atoms with Crippen LogP contribution >= 0.6 is 12.4 Å². The van der Waals surface area contributed by atoms with Crippen molar-refractivity contribution >= 4 is 45.3 Å². The zero-order valence-electron chi connectivity index (χ0n) is 17.6. The van der Waals surface area contributed by atoms with E-state index in [4.69, 9.17) is 5.21 Å². The van der Waals surface area contributed by atoms with E-state index in [-0.39, 0.29) is 12.4 Å². The predicted octanol–water partition coefficient (Wildman–Crippen LogP) is 4.16. The number of halogens is 1. The van der Waals surface area contributed by atoms with Gasteiger partial charge < -0.3 is 4.98 Å². The number of hydrogen-bond acceptors (Lipinski definition) is 5. The van der Waals surface area contributed by atoms with Gasteiger partial charge >= 0.3 is 0 Å². The normalized spacial score (nSPS) is 11.5. The van der Waals surface area contributed by atoms with Gasteiger partial charge in [-0.25, -0.2) is 18.9 Å². The molecule has 170 valence electrons. The van der Waals surface area contributed by atoms with Crippen molar-refractivity contribution < 1.29 is 18.4 Å². The first-order chi connectivity index (χ1) is 15.3. The number of aromatic amines is 1. The number of aromatic nitrogens is 2. The summed E-state index contributed by atoms with van der Waals surface area (Å²) < 4.78 is 23.3. The van der Waals surface area contributed by atoms with Crippen LogP contribution in [0, 0.1) is 0 Å². The van der Waals surface area contributed by atoms with Crippen LogP contribution in [0.2, 0.25) is 0 Å². The van der Waals surface area contributed by atoms with Crippen LogP contribution < -0.4 is 5.48 Å². The van der Waals surface area contributed by atoms with Gasteiger partial charge in [-0.15, -0.1) is 12.4 Å². The maximum atomic E-state index is 11.7. The third kappa shape index (κ3) is 5.87. The second-order valence-electron chi connectivity index (χ2n) is 7.44. The fourth-order valence-corrected chi connectivity index (χ4v) is 4.00. The zero-order valence-corrected chi connectivity index (χ0v) is 19.3. The molecule has 0 saturated heterocycles. The van der Waals surface area contributed by atoms with Crippen molar-refractivity contribution in [2.24, 2.45) is 0 Å². The molecule has 3 aromatic carbocycles. The smallest absolute Gasteiger partial charge is 0.267 e. The number of hydroxylamine groups is 1. The third-order valence-corrected chi connectivity index (χ3v) is 6.16. The molecule has 0 aliphatic carbocycles. The number of carbonyl (C=O) groups is 1. The van der Waals surface area contributed by atoms with Crippen molar-refractivity contribution in [3.8, 4) is 11.1 Å². The number of carbonyl (C=O) groups excluding carboxylic acids is 1. The fraction of sp³-hybridized carbons (Fsp3) is 0.0833. The molecule has 0 aliphatic rings. The van der Waals surface area contributed by atoms with Gasteiger partial charge in [-0.1, -0.05) is 42.5 Å². The summed E-state index contributed by atoms with van der Waals surface area (Å²) >= 11 is 0. The van der Waals surface area contributed by atoms with E-state index in [1.54, 1.807) is 35.8 Å². The van der Waals surface area contributed by atoms with E-state index >= 15 is 0 Å². The minimum Gasteiger partial charge on any atom is -0.342 e. The van der Waals surface area contributed by atoms with Crippen molar-refractivity contribution in [1.29, 1.82) is 0 Å². The van der Waals surface area contributed by atoms with Crippen LogP contribution in [0.3, 0.4) is 0 Å². The van der Waals surface area contributed by atoms with Crippen molar-refractivity contribution in [2.75, 3.05) is 6.26 Å². The van der Waals surface area contributed by atoms with Crippen molar-refractivity contribution in [1.82, 2.24) is 15.4 Å². The molecule has 33 heavy (non-hydrogen) atoms. The maximum Gasteiger partial charge on any atom is 0.267 e. The van der Waals surface area contributed by atoms with Gasteiger partial charge in [0.1, 0.15) is 5.82 Å². The number of fused-ring (bicyclic) bond motifs is 1. The highest BCUT2D eigenvalue weighted by molar-refractivity contribution is 7.90. The van der Waals surface area contributed by atoms with Crippen LogP contribution in [0.15, 0.2) is 77.7 Å². The Morgan fingerprint density at radius 3 is 2.33 bits per heavy atom. The molecule has 0 radical (unpaired) electrons. The Labute approximate surface area is 197 Å². The molecule has 4 rings (SSSR count). The molecular weight excluding hydrogens is 462 g/mol. The van der Waals surface area contributed by atoms with Crippen LogP contribution in [-0.2, 0) is 21.1 Å². The highest BCUT2D eigenvalue weighted by atomic mass is 35.5. The van der Waals surface area contributed by atoms with Crippen molar-refractivity contribution in [3.63, 3.8) is 0 Å². The third-order valence-electron chi connectivity index (χ3n) is 5.04. The summed E-state index contributed by atoms with van der Waals surface area (Å²) in [6.07, 6.45) is 4.68. The van der Waals surface area contributed by atoms with Crippen LogP contribution in [0.5, 0.6) is 0 Å². The Bertz CT molecular complexity index is 1410. The molecule has 1 amide bonds. The highest BCUT2D eigenvalue weighted by Crippen LogP contribution is 2.25. The highest BCUT2D eigenvalue weighted by Gasteiger charge is 2.09. The predicted molar refractivity (Wildman–Crippen MR) is 130 cm³/mol. The van der Waals surface area contributed by atoms with E-state index in [0.29, 0.717) is 11.3 Å². The lowest BCUT2D eigenvalue weighted by Gasteiger charge is -2.03. The molecule has 4 aromatic rings. The van der Waals surface area contributed by atoms with Gasteiger partial charge in [-0.2, -0.15) is 0 Å². The zero-order chi connectivity index (χ0) is 22.7. The Kier molecular flexibility index (Phi) is 7.33. The van der Waals surface area contributed by atoms with Gasteiger partial charge in [0.05, 0.1) is 15.9 Å². The van der Waals surface area contributed by atoms with Gasteiger partial charge in [0.25, 0.3) is 5.91 Å². The topological polar surface area (TPSA) is 112 Å². The van der Waals surface area contributed by atoms with E-state index in [9.17, 15) is 13.2 Å². The molecule has 0 spiro atoms. The second kappa shape index (κ2) is 9.99. The molecule has 7 nitrogen and oxygen atoms in total. The Morgan fingerprint density at radius 1 is 1.03 bits per heavy atom. The molecular formula is C24H22ClN3O4S. The Hall–Kier alpha value is -3.46. The fourth-order valence-electron chi connectivity index (χ4n) is 3.37. The molecule has 0 saturated carbocycles. The summed E-state index contributed by atoms with van der Waals surface area (Å²) in [6, 6.07) is 20.4. The first-order valence-electron chi connectivity index (χ1n) is 9.82. The van der Waals surface area contributed by atoms with Gasteiger partial charge in [0.15, 0.2) is 9.84 Å². The lowest BCUT2D eigenvalue weighted by molar-refractivity contribution is -0.124. The van der Waals surface area contributed by atoms with E-state index in [1.165, 1.54) is 12.3 Å². The number of rotatable bonds is 6. The summed E-state index contributed by atoms with van der Waals surface area (Å²) in [5, 5.41) is 8.52. The number of nitrogens with one attached hydrogen (secondary N) is 2. The SMILES string of the molecule is CS(=O)(=O)c1ccc(-c2ccc3nc(Cc4ccc(/C=C/C(=O)NO)cc4)[nH]c3c2)cc1.Cl. The van der Waals surface area contributed by atoms with Gasteiger partial charge in [0, 0.05) is 18.8 Å². The number of amides is 1. The van der Waals surface area contributed by atoms with Crippen LogP contribution in [0.25, 0.3) is 28.2 Å². The average molecular weight is 484 g/mol. The van der Waals surface area contributed by atoms with Crippen molar-refractivity contribution in [3.05, 3.63) is 89.8 Å². The van der Waals surface area contributed by atoms with E-state index in [0.717, 1.165) is 39.1 Å². The number of imidazole rings is 1. The van der Waals surface area contributed by atoms with Crippen LogP contribution in [0.4, 0.5) is 0 Å². The maximum absolute atomic E-state index is 11.7. The van der Waals surface area contributed by atoms with Crippen LogP contribution in [0.1, 0.15) is 17.0 Å². The first-order valence-corrected chi connectivity index (χ1v) is 11.7. The molecule has 0 fully saturated rings. The molecule has 0 unspecified atom stereocenters. The lowest BCUT2D eigenvalue weighted by atomic mass is 10.1. The molecule has 0 atom stereocenters. The minimum absolute atomic E-state index is 0. The monoisotopic (exact) mass is 483 g/mol. The summed E-state index contributed by atoms with van der Waals surface area (Å²) in [5.41, 5.74) is 7.10. The molecule has 3 N–H and O–H groups in total. The quantitative estimate of drug-likeness (QED) is 0.216. The van der Waals surface area contributed by atoms with Gasteiger partial charge in [-0.05, 0) is 52.6 Å². The average Bonchev–Trinajstić information content (AvgIpc) is 3.19. The standard InChI is InChI=1S/C24H21N3O4S.ClH/c1-32(30,31)20-10-7-18(8-11-20)19-9-12-21-22(15-19)26-23(25-21)14-17-4-2-16(3-5-17)6-13-24(28)27-29;/h2-13,15,29H,14H2,1H3,(H,25,26)(H,27,28);1H/b13-6+;. The molecule has 0 aliphatic heterocycles. The lowest BCUT2D eigenvalue weighted by Crippen LogP contribution is -2.14. The van der Waals surface area contributed by atoms with E-state index in [2.05, 4.69) is 9.97 Å². The molecule has 0 bridgehead atoms. The summed E-state index contributed by atoms with van der Waals surface area (Å²) in [4.78, 5) is 19.4. The molecule has 1 heterocycles. The van der Waals surface area contributed by atoms with Crippen molar-refractivity contribution in [2.45, 2.75) is 11.3 Å². The number of H-pyrrole nitrogens is 1. The van der Waals surface area contributed by atoms with Gasteiger partial charge in [-0.3, -0.25) is 10.0 Å². The summed E-state index contributed by atoms with van der Waals surface area (Å²) in [5.74, 6) is 0.245. The second-order valence-corrected chi connectivity index (χ2v) is 9.46. The Balaban J connectivity index is 0.00000306. The first kappa shape index (κ1) is 24.2. The summed E-state index contributed by atoms with van der Waals surface area (Å²) in [7, 11) is -3.22. The Morgan fingerprint density at radius 2 is 1.70 bits per heavy atom. The largest absolute Gasteiger partial charge is 0.342 e. The minimum atomic E-state index is -3.22. The molecule has 9 heteroatoms. The molecule has 1 aromatic heterocycles. The van der Waals surface area contributed by atoms with E-state index in [1.807, 2.05) is 42.5 Å². The van der Waals surface area contributed by atoms with E-state index < -0.39 is 15.7 Å².